The molecule has 3 atom stereocenters. The van der Waals surface area contributed by atoms with Crippen molar-refractivity contribution in [3.8, 4) is 0 Å². The van der Waals surface area contributed by atoms with Crippen LogP contribution in [0.4, 0.5) is 5.69 Å². The molecule has 2 rings (SSSR count). The number of halogens is 1. The highest BCUT2D eigenvalue weighted by molar-refractivity contribution is 6.33. The van der Waals surface area contributed by atoms with Gasteiger partial charge in [-0.25, -0.2) is 0 Å². The van der Waals surface area contributed by atoms with Gasteiger partial charge in [0.2, 0.25) is 0 Å². The lowest BCUT2D eigenvalue weighted by molar-refractivity contribution is 0.274. The van der Waals surface area contributed by atoms with Crippen LogP contribution in [0.1, 0.15) is 27.2 Å². The summed E-state index contributed by atoms with van der Waals surface area (Å²) in [6, 6.07) is 9.30. The fourth-order valence-corrected chi connectivity index (χ4v) is 3.18. The Hall–Kier alpha value is -0.730. The number of nitrogens with one attached hydrogen (secondary N) is 1. The molecule has 1 heterocycles. The first-order chi connectivity index (χ1) is 8.65. The van der Waals surface area contributed by atoms with E-state index in [9.17, 15) is 0 Å². The normalized spacial score (nSPS) is 28.4. The maximum atomic E-state index is 6.31. The molecular weight excluding hydrogens is 244 g/mol. The summed E-state index contributed by atoms with van der Waals surface area (Å²) in [4.78, 5) is 2.45. The van der Waals surface area contributed by atoms with Crippen molar-refractivity contribution in [1.82, 2.24) is 5.32 Å². The quantitative estimate of drug-likeness (QED) is 0.900. The third-order valence-corrected chi connectivity index (χ3v) is 4.52. The molecule has 0 spiro atoms. The number of hydrogen-bond acceptors (Lipinski definition) is 2. The van der Waals surface area contributed by atoms with Crippen molar-refractivity contribution in [3.05, 3.63) is 29.3 Å². The minimum absolute atomic E-state index is 0.516. The first kappa shape index (κ1) is 13.7. The zero-order valence-electron chi connectivity index (χ0n) is 11.5. The summed E-state index contributed by atoms with van der Waals surface area (Å²) >= 11 is 6.31. The fraction of sp³-hybridized carbons (Fsp3) is 0.600. The second-order valence-electron chi connectivity index (χ2n) is 5.20. The van der Waals surface area contributed by atoms with Crippen molar-refractivity contribution >= 4 is 17.3 Å². The van der Waals surface area contributed by atoms with Gasteiger partial charge in [-0.3, -0.25) is 0 Å². The number of para-hydroxylation sites is 1. The Balaban J connectivity index is 2.15. The van der Waals surface area contributed by atoms with Crippen molar-refractivity contribution < 1.29 is 0 Å². The van der Waals surface area contributed by atoms with Crippen molar-refractivity contribution in [2.45, 2.75) is 39.3 Å². The highest BCUT2D eigenvalue weighted by atomic mass is 35.5. The van der Waals surface area contributed by atoms with Gasteiger partial charge < -0.3 is 10.2 Å². The second-order valence-corrected chi connectivity index (χ2v) is 5.60. The van der Waals surface area contributed by atoms with Gasteiger partial charge in [0.05, 0.1) is 10.7 Å². The lowest BCUT2D eigenvalue weighted by atomic mass is 9.86. The van der Waals surface area contributed by atoms with E-state index in [0.29, 0.717) is 18.0 Å². The molecule has 100 valence electrons. The van der Waals surface area contributed by atoms with E-state index in [1.165, 1.54) is 12.1 Å². The molecule has 3 unspecified atom stereocenters. The molecule has 0 saturated carbocycles. The van der Waals surface area contributed by atoms with Gasteiger partial charge in [-0.2, -0.15) is 0 Å². The summed E-state index contributed by atoms with van der Waals surface area (Å²) in [5.74, 6) is 0.634. The van der Waals surface area contributed by atoms with Gasteiger partial charge in [-0.05, 0) is 37.9 Å². The zero-order valence-corrected chi connectivity index (χ0v) is 12.2. The van der Waals surface area contributed by atoms with Crippen LogP contribution in [0.2, 0.25) is 5.02 Å². The number of benzene rings is 1. The van der Waals surface area contributed by atoms with Crippen LogP contribution in [-0.2, 0) is 0 Å². The topological polar surface area (TPSA) is 15.3 Å². The molecule has 1 saturated heterocycles. The molecule has 0 aliphatic carbocycles. The number of hydrogen-bond donors (Lipinski definition) is 1. The number of nitrogens with zero attached hydrogens (tertiary/aromatic N) is 1. The molecule has 1 aromatic carbocycles. The first-order valence-corrected chi connectivity index (χ1v) is 7.27. The Bertz CT molecular complexity index is 394. The Labute approximate surface area is 115 Å². The minimum Gasteiger partial charge on any atom is -0.367 e. The van der Waals surface area contributed by atoms with Gasteiger partial charge in [0.1, 0.15) is 0 Å². The van der Waals surface area contributed by atoms with Gasteiger partial charge in [-0.1, -0.05) is 37.6 Å². The zero-order chi connectivity index (χ0) is 13.1. The van der Waals surface area contributed by atoms with Gasteiger partial charge >= 0.3 is 0 Å². The standard InChI is InChI=1S/C15H23ClN2/c1-4-17-14-9-10-18(12(3)11(14)2)15-8-6-5-7-13(15)16/h5-8,11-12,14,17H,4,9-10H2,1-3H3. The second kappa shape index (κ2) is 5.94. The molecular formula is C15H23ClN2. The molecule has 1 aromatic rings. The molecule has 1 N–H and O–H groups in total. The minimum atomic E-state index is 0.516. The van der Waals surface area contributed by atoms with Crippen LogP contribution in [-0.4, -0.2) is 25.2 Å². The van der Waals surface area contributed by atoms with Crippen LogP contribution in [0.25, 0.3) is 0 Å². The summed E-state index contributed by atoms with van der Waals surface area (Å²) in [6.07, 6.45) is 1.19. The third kappa shape index (κ3) is 2.65. The summed E-state index contributed by atoms with van der Waals surface area (Å²) in [5, 5.41) is 4.45. The third-order valence-electron chi connectivity index (χ3n) is 4.20. The molecule has 0 bridgehead atoms. The van der Waals surface area contributed by atoms with Crippen LogP contribution in [0, 0.1) is 5.92 Å². The highest BCUT2D eigenvalue weighted by Crippen LogP contribution is 2.33. The van der Waals surface area contributed by atoms with Crippen LogP contribution in [0.3, 0.4) is 0 Å². The Morgan fingerprint density at radius 3 is 2.72 bits per heavy atom. The predicted octanol–water partition coefficient (Wildman–Crippen LogP) is 3.55. The fourth-order valence-electron chi connectivity index (χ4n) is 2.94. The van der Waals surface area contributed by atoms with Crippen LogP contribution < -0.4 is 10.2 Å². The molecule has 0 radical (unpaired) electrons. The first-order valence-electron chi connectivity index (χ1n) is 6.89. The van der Waals surface area contributed by atoms with Gasteiger partial charge in [-0.15, -0.1) is 0 Å². The molecule has 0 amide bonds. The van der Waals surface area contributed by atoms with E-state index in [1.54, 1.807) is 0 Å². The maximum Gasteiger partial charge on any atom is 0.0639 e. The van der Waals surface area contributed by atoms with Crippen molar-refractivity contribution in [1.29, 1.82) is 0 Å². The molecule has 18 heavy (non-hydrogen) atoms. The van der Waals surface area contributed by atoms with Gasteiger partial charge in [0.25, 0.3) is 0 Å². The molecule has 2 nitrogen and oxygen atoms in total. The molecule has 1 aliphatic rings. The number of anilines is 1. The van der Waals surface area contributed by atoms with Crippen molar-refractivity contribution in [3.63, 3.8) is 0 Å². The lowest BCUT2D eigenvalue weighted by Crippen LogP contribution is -2.53. The summed E-state index contributed by atoms with van der Waals surface area (Å²) in [6.45, 7) is 8.94. The van der Waals surface area contributed by atoms with E-state index in [2.05, 4.69) is 43.1 Å². The van der Waals surface area contributed by atoms with Crippen LogP contribution in [0.5, 0.6) is 0 Å². The number of rotatable bonds is 3. The van der Waals surface area contributed by atoms with Crippen LogP contribution in [0.15, 0.2) is 24.3 Å². The highest BCUT2D eigenvalue weighted by Gasteiger charge is 2.32. The Morgan fingerprint density at radius 2 is 2.06 bits per heavy atom. The molecule has 1 aliphatic heterocycles. The summed E-state index contributed by atoms with van der Waals surface area (Å²) in [7, 11) is 0. The smallest absolute Gasteiger partial charge is 0.0639 e. The summed E-state index contributed by atoms with van der Waals surface area (Å²) < 4.78 is 0. The van der Waals surface area contributed by atoms with E-state index in [-0.39, 0.29) is 0 Å². The molecule has 0 aromatic heterocycles. The van der Waals surface area contributed by atoms with E-state index >= 15 is 0 Å². The van der Waals surface area contributed by atoms with E-state index in [0.717, 1.165) is 18.1 Å². The number of piperidine rings is 1. The van der Waals surface area contributed by atoms with E-state index in [1.807, 2.05) is 12.1 Å². The lowest BCUT2D eigenvalue weighted by Gasteiger charge is -2.44. The van der Waals surface area contributed by atoms with Crippen LogP contribution >= 0.6 is 11.6 Å². The SMILES string of the molecule is CCNC1CCN(c2ccccc2Cl)C(C)C1C. The Morgan fingerprint density at radius 1 is 1.33 bits per heavy atom. The van der Waals surface area contributed by atoms with E-state index < -0.39 is 0 Å². The maximum absolute atomic E-state index is 6.31. The molecule has 3 heteroatoms. The van der Waals surface area contributed by atoms with Gasteiger partial charge in [0.15, 0.2) is 0 Å². The monoisotopic (exact) mass is 266 g/mol. The van der Waals surface area contributed by atoms with Gasteiger partial charge in [0, 0.05) is 18.6 Å². The van der Waals surface area contributed by atoms with Crippen molar-refractivity contribution in [2.24, 2.45) is 5.92 Å². The average Bonchev–Trinajstić information content (AvgIpc) is 2.37. The predicted molar refractivity (Wildman–Crippen MR) is 79.5 cm³/mol. The van der Waals surface area contributed by atoms with Crippen molar-refractivity contribution in [2.75, 3.05) is 18.0 Å². The molecule has 1 fully saturated rings. The van der Waals surface area contributed by atoms with E-state index in [4.69, 9.17) is 11.6 Å². The largest absolute Gasteiger partial charge is 0.367 e. The average molecular weight is 267 g/mol. The summed E-state index contributed by atoms with van der Waals surface area (Å²) in [5.41, 5.74) is 1.17. The Kier molecular flexibility index (Phi) is 4.52.